The molecule has 0 N–H and O–H groups in total. The van der Waals surface area contributed by atoms with Crippen LogP contribution in [0.5, 0.6) is 0 Å². The van der Waals surface area contributed by atoms with E-state index in [-0.39, 0.29) is 0 Å². The highest BCUT2D eigenvalue weighted by atomic mass is 28.4. The maximum Gasteiger partial charge on any atom is 0.297 e. The molecule has 0 bridgehead atoms. The molecule has 0 radical (unpaired) electrons. The first-order valence-electron chi connectivity index (χ1n) is 4.87. The van der Waals surface area contributed by atoms with Gasteiger partial charge in [0.05, 0.1) is 0 Å². The smallest absolute Gasteiger partial charge is 0.297 e. The Balaban J connectivity index is 0. The van der Waals surface area contributed by atoms with Crippen LogP contribution in [0.4, 0.5) is 0 Å². The number of hydrogen-bond donors (Lipinski definition) is 0. The lowest BCUT2D eigenvalue weighted by Gasteiger charge is -2.18. The highest BCUT2D eigenvalue weighted by Crippen LogP contribution is 1.99. The Morgan fingerprint density at radius 3 is 1.77 bits per heavy atom. The zero-order chi connectivity index (χ0) is 10.9. The van der Waals surface area contributed by atoms with Crippen LogP contribution in [0.2, 0.25) is 32.2 Å². The molecule has 80 valence electrons. The molecule has 13 heavy (non-hydrogen) atoms. The van der Waals surface area contributed by atoms with Crippen LogP contribution >= 0.6 is 0 Å². The molecule has 0 aromatic carbocycles. The number of hydrogen-bond acceptors (Lipinski definition) is 2. The first-order valence-corrected chi connectivity index (χ1v) is 12.2. The zero-order valence-corrected chi connectivity index (χ0v) is 13.1. The average molecular weight is 237 g/mol. The van der Waals surface area contributed by atoms with Gasteiger partial charge in [-0.25, -0.2) is 0 Å². The van der Waals surface area contributed by atoms with Crippen LogP contribution in [-0.2, 0) is 8.23 Å². The fourth-order valence-electron chi connectivity index (χ4n) is 0.839. The molecule has 2 nitrogen and oxygen atoms in total. The van der Waals surface area contributed by atoms with Crippen molar-refractivity contribution in [1.29, 1.82) is 0 Å². The molecular formula is C8H24O2Si3. The summed E-state index contributed by atoms with van der Waals surface area (Å²) in [6.45, 7) is 17.0. The fraction of sp³-hybridized carbons (Fsp3) is 0.750. The van der Waals surface area contributed by atoms with Crippen molar-refractivity contribution in [3.63, 3.8) is 0 Å². The normalized spacial score (nSPS) is 14.6. The third kappa shape index (κ3) is 12.3. The van der Waals surface area contributed by atoms with Crippen LogP contribution in [-0.4, -0.2) is 27.4 Å². The Kier molecular flexibility index (Phi) is 12.6. The third-order valence-electron chi connectivity index (χ3n) is 1.46. The van der Waals surface area contributed by atoms with Crippen molar-refractivity contribution in [2.24, 2.45) is 0 Å². The summed E-state index contributed by atoms with van der Waals surface area (Å²) in [6.07, 6.45) is 0. The monoisotopic (exact) mass is 236 g/mol. The summed E-state index contributed by atoms with van der Waals surface area (Å²) in [5.41, 5.74) is 0. The van der Waals surface area contributed by atoms with Gasteiger partial charge < -0.3 is 8.23 Å². The van der Waals surface area contributed by atoms with Gasteiger partial charge in [-0.1, -0.05) is 6.92 Å². The van der Waals surface area contributed by atoms with E-state index in [1.165, 1.54) is 6.04 Å². The first-order chi connectivity index (χ1) is 6.06. The van der Waals surface area contributed by atoms with Gasteiger partial charge >= 0.3 is 0 Å². The molecule has 5 heteroatoms. The van der Waals surface area contributed by atoms with E-state index >= 15 is 0 Å². The summed E-state index contributed by atoms with van der Waals surface area (Å²) in [5.74, 6) is 0. The van der Waals surface area contributed by atoms with Crippen LogP contribution < -0.4 is 0 Å². The predicted molar refractivity (Wildman–Crippen MR) is 68.8 cm³/mol. The Morgan fingerprint density at radius 1 is 1.00 bits per heavy atom. The highest BCUT2D eigenvalue weighted by Gasteiger charge is 2.11. The maximum absolute atomic E-state index is 5.80. The van der Waals surface area contributed by atoms with Crippen molar-refractivity contribution < 1.29 is 8.23 Å². The Labute approximate surface area is 88.3 Å². The third-order valence-corrected chi connectivity index (χ3v) is 9.71. The average Bonchev–Trinajstić information content (AvgIpc) is 2.06. The van der Waals surface area contributed by atoms with Gasteiger partial charge in [-0.3, -0.25) is 0 Å². The SMILES string of the molecule is C=C.CC[SiH](C)O[SiH](C)O[SiH](C)C. The molecule has 0 aromatic rings. The molecule has 0 fully saturated rings. The molecule has 0 saturated carbocycles. The Hall–Kier alpha value is 0.311. The molecule has 0 saturated heterocycles. The zero-order valence-electron chi connectivity index (χ0n) is 9.67. The van der Waals surface area contributed by atoms with Crippen molar-refractivity contribution in [2.75, 3.05) is 0 Å². The molecule has 0 aliphatic carbocycles. The minimum Gasteiger partial charge on any atom is -0.442 e. The Morgan fingerprint density at radius 2 is 1.46 bits per heavy atom. The molecule has 0 aromatic heterocycles. The van der Waals surface area contributed by atoms with Crippen molar-refractivity contribution in [3.8, 4) is 0 Å². The van der Waals surface area contributed by atoms with Crippen LogP contribution in [0.3, 0.4) is 0 Å². The van der Waals surface area contributed by atoms with E-state index in [1.54, 1.807) is 0 Å². The molecular weight excluding hydrogens is 212 g/mol. The molecule has 0 amide bonds. The minimum atomic E-state index is -1.21. The summed E-state index contributed by atoms with van der Waals surface area (Å²) in [5, 5.41) is 0. The molecule has 0 spiro atoms. The summed E-state index contributed by atoms with van der Waals surface area (Å²) in [4.78, 5) is 0. The lowest BCUT2D eigenvalue weighted by Crippen LogP contribution is -2.30. The van der Waals surface area contributed by atoms with Gasteiger partial charge in [0.15, 0.2) is 18.1 Å². The van der Waals surface area contributed by atoms with Gasteiger partial charge in [0.2, 0.25) is 0 Å². The lowest BCUT2D eigenvalue weighted by molar-refractivity contribution is 0.446. The highest BCUT2D eigenvalue weighted by molar-refractivity contribution is 6.67. The van der Waals surface area contributed by atoms with E-state index in [4.69, 9.17) is 8.23 Å². The second-order valence-corrected chi connectivity index (χ2v) is 11.0. The van der Waals surface area contributed by atoms with E-state index < -0.39 is 27.4 Å². The van der Waals surface area contributed by atoms with E-state index in [1.807, 2.05) is 0 Å². The van der Waals surface area contributed by atoms with Crippen LogP contribution in [0, 0.1) is 0 Å². The topological polar surface area (TPSA) is 18.5 Å². The van der Waals surface area contributed by atoms with Gasteiger partial charge in [0.25, 0.3) is 9.28 Å². The van der Waals surface area contributed by atoms with Crippen LogP contribution in [0.1, 0.15) is 6.92 Å². The lowest BCUT2D eigenvalue weighted by atomic mass is 11.0. The molecule has 0 heterocycles. The van der Waals surface area contributed by atoms with Gasteiger partial charge in [0, 0.05) is 0 Å². The summed E-state index contributed by atoms with van der Waals surface area (Å²) < 4.78 is 11.5. The standard InChI is InChI=1S/C6H20O2Si3.C2H4/c1-6-10(4)8-11(5)7-9(2)3;1-2/h9-11H,6H2,1-5H3;1-2H2. The summed E-state index contributed by atoms with van der Waals surface area (Å²) >= 11 is 0. The molecule has 2 unspecified atom stereocenters. The second-order valence-electron chi connectivity index (χ2n) is 3.11. The predicted octanol–water partition coefficient (Wildman–Crippen LogP) is 2.03. The van der Waals surface area contributed by atoms with Crippen LogP contribution in [0.25, 0.3) is 0 Å². The van der Waals surface area contributed by atoms with Crippen molar-refractivity contribution in [1.82, 2.24) is 0 Å². The molecule has 0 aliphatic rings. The summed E-state index contributed by atoms with van der Waals surface area (Å²) in [6, 6.07) is 1.22. The number of rotatable bonds is 5. The molecule has 2 atom stereocenters. The van der Waals surface area contributed by atoms with Crippen molar-refractivity contribution in [3.05, 3.63) is 13.2 Å². The fourth-order valence-corrected chi connectivity index (χ4v) is 8.13. The molecule has 0 aliphatic heterocycles. The van der Waals surface area contributed by atoms with E-state index in [0.29, 0.717) is 0 Å². The molecule has 0 rings (SSSR count). The maximum atomic E-state index is 5.80. The quantitative estimate of drug-likeness (QED) is 0.537. The summed E-state index contributed by atoms with van der Waals surface area (Å²) in [7, 11) is -2.89. The van der Waals surface area contributed by atoms with Crippen LogP contribution in [0.15, 0.2) is 13.2 Å². The Bertz CT molecular complexity index is 112. The van der Waals surface area contributed by atoms with Gasteiger partial charge in [-0.05, 0) is 32.2 Å². The van der Waals surface area contributed by atoms with Gasteiger partial charge in [0.1, 0.15) is 0 Å². The van der Waals surface area contributed by atoms with E-state index in [0.717, 1.165) is 0 Å². The van der Waals surface area contributed by atoms with Crippen molar-refractivity contribution in [2.45, 2.75) is 39.2 Å². The minimum absolute atomic E-state index is 0.839. The first kappa shape index (κ1) is 15.8. The van der Waals surface area contributed by atoms with E-state index in [2.05, 4.69) is 46.3 Å². The van der Waals surface area contributed by atoms with E-state index in [9.17, 15) is 0 Å². The van der Waals surface area contributed by atoms with Crippen molar-refractivity contribution >= 4 is 27.4 Å². The largest absolute Gasteiger partial charge is 0.442 e. The van der Waals surface area contributed by atoms with Gasteiger partial charge in [-0.2, -0.15) is 0 Å². The second kappa shape index (κ2) is 10.4. The van der Waals surface area contributed by atoms with Gasteiger partial charge in [-0.15, -0.1) is 13.2 Å².